The van der Waals surface area contributed by atoms with E-state index in [0.29, 0.717) is 0 Å². The Balaban J connectivity index is 1.99. The molecule has 0 aliphatic heterocycles. The monoisotopic (exact) mass is 289 g/mol. The average Bonchev–Trinajstić information content (AvgIpc) is 3.05. The second-order valence-electron chi connectivity index (χ2n) is 5.07. The molecule has 0 saturated carbocycles. The van der Waals surface area contributed by atoms with Gasteiger partial charge in [-0.1, -0.05) is 6.07 Å². The number of methoxy groups -OCH3 is 2. The topological polar surface area (TPSA) is 48.3 Å². The quantitative estimate of drug-likeness (QED) is 0.851. The predicted molar refractivity (Wildman–Crippen MR) is 82.8 cm³/mol. The van der Waals surface area contributed by atoms with Crippen molar-refractivity contribution in [2.75, 3.05) is 14.2 Å². The zero-order chi connectivity index (χ0) is 15.2. The van der Waals surface area contributed by atoms with E-state index in [1.807, 2.05) is 35.1 Å². The molecule has 5 nitrogen and oxygen atoms in total. The number of hydrogen-bond acceptors (Lipinski definition) is 4. The van der Waals surface area contributed by atoms with Crippen LogP contribution in [0.3, 0.4) is 0 Å². The fourth-order valence-electron chi connectivity index (χ4n) is 2.19. The third kappa shape index (κ3) is 3.76. The van der Waals surface area contributed by atoms with Gasteiger partial charge in [0.1, 0.15) is 11.5 Å². The molecule has 0 bridgehead atoms. The van der Waals surface area contributed by atoms with Crippen LogP contribution in [0.4, 0.5) is 0 Å². The lowest BCUT2D eigenvalue weighted by Gasteiger charge is -2.22. The molecule has 1 aromatic heterocycles. The van der Waals surface area contributed by atoms with E-state index < -0.39 is 0 Å². The van der Waals surface area contributed by atoms with E-state index in [2.05, 4.69) is 24.3 Å². The third-order valence-electron chi connectivity index (χ3n) is 3.77. The highest BCUT2D eigenvalue weighted by molar-refractivity contribution is 5.40. The average molecular weight is 289 g/mol. The van der Waals surface area contributed by atoms with Crippen molar-refractivity contribution in [2.45, 2.75) is 32.5 Å². The largest absolute Gasteiger partial charge is 0.497 e. The zero-order valence-electron chi connectivity index (χ0n) is 13.0. The van der Waals surface area contributed by atoms with Crippen molar-refractivity contribution in [3.8, 4) is 11.5 Å². The molecule has 1 heterocycles. The lowest BCUT2D eigenvalue weighted by atomic mass is 10.1. The van der Waals surface area contributed by atoms with Gasteiger partial charge in [0.2, 0.25) is 0 Å². The van der Waals surface area contributed by atoms with E-state index in [1.165, 1.54) is 0 Å². The fourth-order valence-corrected chi connectivity index (χ4v) is 2.19. The molecule has 0 aliphatic carbocycles. The van der Waals surface area contributed by atoms with E-state index in [0.717, 1.165) is 23.6 Å². The predicted octanol–water partition coefficient (Wildman–Crippen LogP) is 2.64. The van der Waals surface area contributed by atoms with Crippen LogP contribution in [0, 0.1) is 0 Å². The van der Waals surface area contributed by atoms with Gasteiger partial charge < -0.3 is 14.8 Å². The second kappa shape index (κ2) is 7.13. The number of rotatable bonds is 7. The molecule has 2 rings (SSSR count). The normalized spacial score (nSPS) is 13.7. The summed E-state index contributed by atoms with van der Waals surface area (Å²) < 4.78 is 12.6. The minimum atomic E-state index is 0.282. The maximum Gasteiger partial charge on any atom is 0.127 e. The first-order valence-corrected chi connectivity index (χ1v) is 7.09. The second-order valence-corrected chi connectivity index (χ2v) is 5.07. The molecule has 0 saturated heterocycles. The van der Waals surface area contributed by atoms with Crippen LogP contribution in [-0.2, 0) is 6.54 Å². The van der Waals surface area contributed by atoms with Crippen LogP contribution in [0.5, 0.6) is 11.5 Å². The first-order chi connectivity index (χ1) is 10.2. The van der Waals surface area contributed by atoms with Crippen molar-refractivity contribution in [1.82, 2.24) is 15.1 Å². The van der Waals surface area contributed by atoms with E-state index in [-0.39, 0.29) is 12.1 Å². The van der Waals surface area contributed by atoms with Gasteiger partial charge in [-0.25, -0.2) is 0 Å². The summed E-state index contributed by atoms with van der Waals surface area (Å²) in [5, 5.41) is 7.80. The van der Waals surface area contributed by atoms with Crippen LogP contribution in [-0.4, -0.2) is 30.0 Å². The van der Waals surface area contributed by atoms with Gasteiger partial charge in [0, 0.05) is 36.6 Å². The Bertz CT molecular complexity index is 555. The van der Waals surface area contributed by atoms with Crippen LogP contribution < -0.4 is 14.8 Å². The van der Waals surface area contributed by atoms with Gasteiger partial charge >= 0.3 is 0 Å². The summed E-state index contributed by atoms with van der Waals surface area (Å²) in [6.45, 7) is 5.04. The van der Waals surface area contributed by atoms with Crippen molar-refractivity contribution in [3.05, 3.63) is 42.2 Å². The molecular weight excluding hydrogens is 266 g/mol. The summed E-state index contributed by atoms with van der Waals surface area (Å²) in [4.78, 5) is 0. The Morgan fingerprint density at radius 2 is 2.05 bits per heavy atom. The van der Waals surface area contributed by atoms with Crippen LogP contribution in [0.1, 0.15) is 25.5 Å². The highest BCUT2D eigenvalue weighted by atomic mass is 16.5. The Morgan fingerprint density at radius 3 is 2.67 bits per heavy atom. The molecule has 0 amide bonds. The minimum Gasteiger partial charge on any atom is -0.497 e. The Kier molecular flexibility index (Phi) is 5.22. The lowest BCUT2D eigenvalue weighted by molar-refractivity contribution is 0.358. The van der Waals surface area contributed by atoms with Gasteiger partial charge in [-0.15, -0.1) is 0 Å². The maximum atomic E-state index is 5.42. The molecule has 0 fully saturated rings. The molecule has 0 spiro atoms. The first kappa shape index (κ1) is 15.4. The van der Waals surface area contributed by atoms with Crippen LogP contribution >= 0.6 is 0 Å². The van der Waals surface area contributed by atoms with Crippen LogP contribution in [0.2, 0.25) is 0 Å². The van der Waals surface area contributed by atoms with Crippen molar-refractivity contribution < 1.29 is 9.47 Å². The van der Waals surface area contributed by atoms with Crippen molar-refractivity contribution in [3.63, 3.8) is 0 Å². The highest BCUT2D eigenvalue weighted by Gasteiger charge is 2.14. The van der Waals surface area contributed by atoms with Gasteiger partial charge in [-0.05, 0) is 26.0 Å². The lowest BCUT2D eigenvalue weighted by Crippen LogP contribution is -2.33. The van der Waals surface area contributed by atoms with Gasteiger partial charge in [0.15, 0.2) is 0 Å². The Hall–Kier alpha value is -2.01. The molecule has 1 N–H and O–H groups in total. The van der Waals surface area contributed by atoms with Gasteiger partial charge in [-0.2, -0.15) is 5.10 Å². The van der Waals surface area contributed by atoms with Gasteiger partial charge in [0.05, 0.1) is 20.3 Å². The van der Waals surface area contributed by atoms with E-state index in [4.69, 9.17) is 9.47 Å². The van der Waals surface area contributed by atoms with E-state index >= 15 is 0 Å². The molecule has 2 atom stereocenters. The van der Waals surface area contributed by atoms with Crippen molar-refractivity contribution in [1.29, 1.82) is 0 Å². The Morgan fingerprint density at radius 1 is 1.24 bits per heavy atom. The fraction of sp³-hybridized carbons (Fsp3) is 0.438. The molecule has 0 aliphatic rings. The molecule has 2 aromatic rings. The number of hydrogen-bond donors (Lipinski definition) is 1. The number of nitrogens with one attached hydrogen (secondary N) is 1. The first-order valence-electron chi connectivity index (χ1n) is 7.09. The number of nitrogens with zero attached hydrogens (tertiary/aromatic N) is 2. The van der Waals surface area contributed by atoms with Crippen molar-refractivity contribution >= 4 is 0 Å². The summed E-state index contributed by atoms with van der Waals surface area (Å²) in [6.07, 6.45) is 3.78. The minimum absolute atomic E-state index is 0.282. The third-order valence-corrected chi connectivity index (χ3v) is 3.77. The molecular formula is C16H23N3O2. The number of ether oxygens (including phenoxy) is 2. The summed E-state index contributed by atoms with van der Waals surface area (Å²) in [5.74, 6) is 1.63. The summed E-state index contributed by atoms with van der Waals surface area (Å²) in [6, 6.07) is 8.38. The van der Waals surface area contributed by atoms with Crippen molar-refractivity contribution in [2.24, 2.45) is 0 Å². The smallest absolute Gasteiger partial charge is 0.127 e. The zero-order valence-corrected chi connectivity index (χ0v) is 13.0. The number of aromatic nitrogens is 2. The SMILES string of the molecule is COc1ccc(CN[C@@H](C)[C@H](C)n2cccn2)c(OC)c1. The highest BCUT2D eigenvalue weighted by Crippen LogP contribution is 2.24. The molecule has 5 heteroatoms. The maximum absolute atomic E-state index is 5.42. The molecule has 0 radical (unpaired) electrons. The Labute approximate surface area is 125 Å². The molecule has 1 aromatic carbocycles. The van der Waals surface area contributed by atoms with Gasteiger partial charge in [0.25, 0.3) is 0 Å². The van der Waals surface area contributed by atoms with Gasteiger partial charge in [-0.3, -0.25) is 4.68 Å². The summed E-state index contributed by atoms with van der Waals surface area (Å²) >= 11 is 0. The molecule has 114 valence electrons. The number of benzene rings is 1. The standard InChI is InChI=1S/C16H23N3O2/c1-12(13(2)19-9-5-8-18-19)17-11-14-6-7-15(20-3)10-16(14)21-4/h5-10,12-13,17H,11H2,1-4H3/t12-,13-/m0/s1. The summed E-state index contributed by atoms with van der Waals surface area (Å²) in [7, 11) is 3.33. The summed E-state index contributed by atoms with van der Waals surface area (Å²) in [5.41, 5.74) is 1.11. The van der Waals surface area contributed by atoms with Crippen LogP contribution in [0.15, 0.2) is 36.7 Å². The van der Waals surface area contributed by atoms with Crippen LogP contribution in [0.25, 0.3) is 0 Å². The molecule has 21 heavy (non-hydrogen) atoms. The van der Waals surface area contributed by atoms with E-state index in [1.54, 1.807) is 20.4 Å². The molecule has 0 unspecified atom stereocenters. The van der Waals surface area contributed by atoms with E-state index in [9.17, 15) is 0 Å².